The Bertz CT molecular complexity index is 807. The Kier molecular flexibility index (Phi) is 5.55. The first-order valence-corrected chi connectivity index (χ1v) is 9.13. The molecule has 0 unspecified atom stereocenters. The molecule has 0 bridgehead atoms. The fourth-order valence-corrected chi connectivity index (χ4v) is 3.52. The molecule has 0 aliphatic carbocycles. The fourth-order valence-electron chi connectivity index (χ4n) is 2.52. The van der Waals surface area contributed by atoms with E-state index in [4.69, 9.17) is 9.84 Å². The first-order valence-electron chi connectivity index (χ1n) is 8.15. The Hall–Kier alpha value is -2.12. The third-order valence-corrected chi connectivity index (χ3v) is 4.90. The number of carbonyl (C=O) groups is 1. The number of thioether (sulfide) groups is 1. The summed E-state index contributed by atoms with van der Waals surface area (Å²) in [7, 11) is 4.09. The Morgan fingerprint density at radius 2 is 2.20 bits per heavy atom. The van der Waals surface area contributed by atoms with Crippen LogP contribution in [0.3, 0.4) is 0 Å². The second-order valence-corrected chi connectivity index (χ2v) is 7.16. The van der Waals surface area contributed by atoms with Crippen LogP contribution in [0.4, 0.5) is 0 Å². The van der Waals surface area contributed by atoms with Crippen molar-refractivity contribution in [2.75, 3.05) is 33.0 Å². The lowest BCUT2D eigenvalue weighted by molar-refractivity contribution is -0.137. The molecule has 1 aliphatic heterocycles. The normalized spacial score (nSPS) is 17.1. The highest BCUT2D eigenvalue weighted by Crippen LogP contribution is 2.25. The summed E-state index contributed by atoms with van der Waals surface area (Å²) >= 11 is 1.44. The maximum Gasteiger partial charge on any atom is 0.329 e. The largest absolute Gasteiger partial charge is 0.494 e. The summed E-state index contributed by atoms with van der Waals surface area (Å²) in [5.41, 5.74) is 1.57. The Balaban J connectivity index is 1.71. The van der Waals surface area contributed by atoms with Crippen LogP contribution in [-0.4, -0.2) is 65.0 Å². The van der Waals surface area contributed by atoms with Gasteiger partial charge in [0.15, 0.2) is 6.04 Å². The van der Waals surface area contributed by atoms with Gasteiger partial charge in [-0.15, -0.1) is 11.8 Å². The number of hydrogen-bond acceptors (Lipinski definition) is 6. The SMILES string of the molecule is CN(C)CCCOc1ccc2nc(C3=N[C@@H](C(=O)O)CS3)ccc2c1. The van der Waals surface area contributed by atoms with Gasteiger partial charge in [0.25, 0.3) is 0 Å². The van der Waals surface area contributed by atoms with Crippen LogP contribution in [-0.2, 0) is 4.79 Å². The summed E-state index contributed by atoms with van der Waals surface area (Å²) in [6.45, 7) is 1.68. The number of aromatic nitrogens is 1. The van der Waals surface area contributed by atoms with E-state index in [0.717, 1.165) is 35.3 Å². The van der Waals surface area contributed by atoms with E-state index in [-0.39, 0.29) is 0 Å². The first kappa shape index (κ1) is 17.7. The number of carboxylic acid groups (broad SMARTS) is 1. The highest BCUT2D eigenvalue weighted by Gasteiger charge is 2.25. The third kappa shape index (κ3) is 4.49. The monoisotopic (exact) mass is 359 g/mol. The van der Waals surface area contributed by atoms with E-state index in [1.54, 1.807) is 0 Å². The molecule has 2 heterocycles. The van der Waals surface area contributed by atoms with Crippen molar-refractivity contribution in [3.63, 3.8) is 0 Å². The van der Waals surface area contributed by atoms with Crippen LogP contribution >= 0.6 is 11.8 Å². The standard InChI is InChI=1S/C18H21N3O3S/c1-21(2)8-3-9-24-13-5-7-14-12(10-13)4-6-15(19-14)17-20-16(11-25-17)18(22)23/h4-7,10,16H,3,8-9,11H2,1-2H3,(H,22,23)/t16-/m1/s1. The zero-order valence-corrected chi connectivity index (χ0v) is 15.1. The van der Waals surface area contributed by atoms with E-state index in [0.29, 0.717) is 17.4 Å². The molecular formula is C18H21N3O3S. The van der Waals surface area contributed by atoms with Gasteiger partial charge in [0, 0.05) is 17.7 Å². The minimum Gasteiger partial charge on any atom is -0.494 e. The second kappa shape index (κ2) is 7.84. The topological polar surface area (TPSA) is 75.0 Å². The maximum atomic E-state index is 11.0. The summed E-state index contributed by atoms with van der Waals surface area (Å²) in [6, 6.07) is 9.00. The summed E-state index contributed by atoms with van der Waals surface area (Å²) in [4.78, 5) is 22.0. The second-order valence-electron chi connectivity index (χ2n) is 6.16. The van der Waals surface area contributed by atoms with Gasteiger partial charge in [-0.1, -0.05) is 6.07 Å². The molecule has 0 saturated carbocycles. The van der Waals surface area contributed by atoms with E-state index in [2.05, 4.69) is 14.9 Å². The molecule has 0 fully saturated rings. The lowest BCUT2D eigenvalue weighted by atomic mass is 10.2. The predicted octanol–water partition coefficient (Wildman–Crippen LogP) is 2.51. The smallest absolute Gasteiger partial charge is 0.329 e. The summed E-state index contributed by atoms with van der Waals surface area (Å²) in [6.07, 6.45) is 0.976. The van der Waals surface area contributed by atoms with E-state index < -0.39 is 12.0 Å². The molecule has 1 N–H and O–H groups in total. The van der Waals surface area contributed by atoms with Gasteiger partial charge in [-0.3, -0.25) is 4.99 Å². The third-order valence-electron chi connectivity index (χ3n) is 3.83. The van der Waals surface area contributed by atoms with Crippen molar-refractivity contribution in [1.82, 2.24) is 9.88 Å². The number of rotatable bonds is 7. The minimum absolute atomic E-state index is 0.462. The van der Waals surface area contributed by atoms with Crippen LogP contribution in [0.5, 0.6) is 5.75 Å². The number of fused-ring (bicyclic) bond motifs is 1. The lowest BCUT2D eigenvalue weighted by Crippen LogP contribution is -2.17. The predicted molar refractivity (Wildman–Crippen MR) is 101 cm³/mol. The number of nitrogens with zero attached hydrogens (tertiary/aromatic N) is 3. The van der Waals surface area contributed by atoms with Gasteiger partial charge >= 0.3 is 5.97 Å². The number of benzene rings is 1. The zero-order chi connectivity index (χ0) is 17.8. The molecule has 6 nitrogen and oxygen atoms in total. The quantitative estimate of drug-likeness (QED) is 0.766. The van der Waals surface area contributed by atoms with E-state index in [9.17, 15) is 4.79 Å². The molecule has 2 aromatic rings. The van der Waals surface area contributed by atoms with E-state index in [1.165, 1.54) is 11.8 Å². The van der Waals surface area contributed by atoms with Crippen molar-refractivity contribution in [2.24, 2.45) is 4.99 Å². The van der Waals surface area contributed by atoms with Crippen molar-refractivity contribution in [1.29, 1.82) is 0 Å². The number of ether oxygens (including phenoxy) is 1. The van der Waals surface area contributed by atoms with Crippen LogP contribution in [0.15, 0.2) is 35.3 Å². The molecule has 1 atom stereocenters. The summed E-state index contributed by atoms with van der Waals surface area (Å²) in [5.74, 6) is 0.406. The van der Waals surface area contributed by atoms with Crippen LogP contribution in [0.2, 0.25) is 0 Å². The van der Waals surface area contributed by atoms with Crippen LogP contribution < -0.4 is 4.74 Å². The molecule has 1 aliphatic rings. The van der Waals surface area contributed by atoms with E-state index in [1.807, 2.05) is 44.4 Å². The highest BCUT2D eigenvalue weighted by molar-refractivity contribution is 8.14. The van der Waals surface area contributed by atoms with Crippen LogP contribution in [0.1, 0.15) is 12.1 Å². The lowest BCUT2D eigenvalue weighted by Gasteiger charge is -2.11. The number of pyridine rings is 1. The van der Waals surface area contributed by atoms with Crippen molar-refractivity contribution in [3.05, 3.63) is 36.0 Å². The number of aliphatic carboxylic acids is 1. The highest BCUT2D eigenvalue weighted by atomic mass is 32.2. The van der Waals surface area contributed by atoms with Crippen molar-refractivity contribution in [3.8, 4) is 5.75 Å². The minimum atomic E-state index is -0.889. The zero-order valence-electron chi connectivity index (χ0n) is 14.3. The molecule has 0 spiro atoms. The Morgan fingerprint density at radius 1 is 1.36 bits per heavy atom. The van der Waals surface area contributed by atoms with Gasteiger partial charge in [-0.2, -0.15) is 0 Å². The molecule has 1 aromatic carbocycles. The van der Waals surface area contributed by atoms with Crippen molar-refractivity contribution in [2.45, 2.75) is 12.5 Å². The molecule has 1 aromatic heterocycles. The maximum absolute atomic E-state index is 11.0. The molecule has 0 amide bonds. The average Bonchev–Trinajstić information content (AvgIpc) is 3.08. The van der Waals surface area contributed by atoms with Crippen LogP contribution in [0, 0.1) is 0 Å². The molecular weight excluding hydrogens is 338 g/mol. The molecule has 25 heavy (non-hydrogen) atoms. The molecule has 132 valence electrons. The van der Waals surface area contributed by atoms with Gasteiger partial charge in [0.1, 0.15) is 10.8 Å². The fraction of sp³-hybridized carbons (Fsp3) is 0.389. The molecule has 0 radical (unpaired) electrons. The first-order chi connectivity index (χ1) is 12.0. The average molecular weight is 359 g/mol. The summed E-state index contributed by atoms with van der Waals surface area (Å²) < 4.78 is 5.79. The van der Waals surface area contributed by atoms with Gasteiger partial charge in [0.2, 0.25) is 0 Å². The molecule has 3 rings (SSSR count). The number of aliphatic imine (C=N–C) groups is 1. The van der Waals surface area contributed by atoms with Gasteiger partial charge in [-0.25, -0.2) is 9.78 Å². The molecule has 7 heteroatoms. The molecule has 0 saturated heterocycles. The number of carboxylic acids is 1. The summed E-state index contributed by atoms with van der Waals surface area (Å²) in [5, 5.41) is 10.7. The Labute approximate surface area is 150 Å². The van der Waals surface area contributed by atoms with Crippen molar-refractivity contribution < 1.29 is 14.6 Å². The Morgan fingerprint density at radius 3 is 2.92 bits per heavy atom. The number of hydrogen-bond donors (Lipinski definition) is 1. The van der Waals surface area contributed by atoms with Crippen LogP contribution in [0.25, 0.3) is 10.9 Å². The van der Waals surface area contributed by atoms with Gasteiger partial charge < -0.3 is 14.7 Å². The van der Waals surface area contributed by atoms with Gasteiger partial charge in [0.05, 0.1) is 17.8 Å². The van der Waals surface area contributed by atoms with Gasteiger partial charge in [-0.05, 0) is 44.8 Å². The van der Waals surface area contributed by atoms with E-state index >= 15 is 0 Å². The van der Waals surface area contributed by atoms with Crippen molar-refractivity contribution >= 4 is 33.7 Å².